The molecule has 0 aliphatic carbocycles. The zero-order valence-corrected chi connectivity index (χ0v) is 14.8. The van der Waals surface area contributed by atoms with Gasteiger partial charge in [-0.3, -0.25) is 4.79 Å². The van der Waals surface area contributed by atoms with Gasteiger partial charge >= 0.3 is 0 Å². The third kappa shape index (κ3) is 5.05. The highest BCUT2D eigenvalue weighted by atomic mass is 16.1. The van der Waals surface area contributed by atoms with Crippen LogP contribution in [-0.2, 0) is 0 Å². The molecule has 1 heterocycles. The largest absolute Gasteiger partial charge is 0.351 e. The van der Waals surface area contributed by atoms with Gasteiger partial charge in [0.15, 0.2) is 0 Å². The molecular weight excluding hydrogens is 300 g/mol. The Morgan fingerprint density at radius 2 is 1.88 bits per heavy atom. The minimum atomic E-state index is -0.168. The summed E-state index contributed by atoms with van der Waals surface area (Å²) in [6, 6.07) is 9.68. The molecule has 0 fully saturated rings. The van der Waals surface area contributed by atoms with Gasteiger partial charge in [-0.1, -0.05) is 45.9 Å². The Morgan fingerprint density at radius 3 is 2.58 bits per heavy atom. The Bertz CT molecular complexity index is 683. The first-order valence-corrected chi connectivity index (χ1v) is 8.44. The van der Waals surface area contributed by atoms with Crippen LogP contribution in [0.25, 0.3) is 0 Å². The molecule has 5 nitrogen and oxygen atoms in total. The van der Waals surface area contributed by atoms with Gasteiger partial charge in [0, 0.05) is 18.4 Å². The highest BCUT2D eigenvalue weighted by molar-refractivity contribution is 5.92. The van der Waals surface area contributed by atoms with Gasteiger partial charge in [0.2, 0.25) is 5.95 Å². The Kier molecular flexibility index (Phi) is 6.29. The molecule has 0 atom stereocenters. The molecule has 5 heteroatoms. The lowest BCUT2D eigenvalue weighted by atomic mass is 10.0. The zero-order valence-electron chi connectivity index (χ0n) is 14.8. The lowest BCUT2D eigenvalue weighted by molar-refractivity contribution is 0.0947. The summed E-state index contributed by atoms with van der Waals surface area (Å²) in [6.45, 7) is 9.19. The summed E-state index contributed by atoms with van der Waals surface area (Å²) in [7, 11) is 0. The predicted molar refractivity (Wildman–Crippen MR) is 97.6 cm³/mol. The van der Waals surface area contributed by atoms with Gasteiger partial charge < -0.3 is 10.6 Å². The van der Waals surface area contributed by atoms with Crippen molar-refractivity contribution in [3.05, 3.63) is 47.8 Å². The number of carbonyl (C=O) groups excluding carboxylic acids is 1. The maximum Gasteiger partial charge on any atom is 0.270 e. The van der Waals surface area contributed by atoms with Crippen LogP contribution in [0.4, 0.5) is 11.6 Å². The molecule has 24 heavy (non-hydrogen) atoms. The van der Waals surface area contributed by atoms with Crippen LogP contribution in [0.5, 0.6) is 0 Å². The molecule has 2 rings (SSSR count). The monoisotopic (exact) mass is 326 g/mol. The van der Waals surface area contributed by atoms with Gasteiger partial charge in [0.25, 0.3) is 5.91 Å². The van der Waals surface area contributed by atoms with E-state index in [-0.39, 0.29) is 5.91 Å². The number of aromatic nitrogens is 2. The van der Waals surface area contributed by atoms with Crippen LogP contribution in [0.2, 0.25) is 0 Å². The molecule has 0 unspecified atom stereocenters. The van der Waals surface area contributed by atoms with Crippen LogP contribution in [0.3, 0.4) is 0 Å². The molecule has 0 aliphatic rings. The summed E-state index contributed by atoms with van der Waals surface area (Å²) in [5, 5.41) is 6.12. The van der Waals surface area contributed by atoms with Crippen molar-refractivity contribution >= 4 is 17.5 Å². The van der Waals surface area contributed by atoms with Gasteiger partial charge in [0.05, 0.1) is 0 Å². The summed E-state index contributed by atoms with van der Waals surface area (Å²) in [5.74, 6) is 1.20. The van der Waals surface area contributed by atoms with E-state index in [1.54, 1.807) is 12.3 Å². The molecule has 0 spiro atoms. The van der Waals surface area contributed by atoms with Gasteiger partial charge in [-0.2, -0.15) is 0 Å². The molecule has 128 valence electrons. The first kappa shape index (κ1) is 17.9. The first-order chi connectivity index (χ1) is 11.5. The summed E-state index contributed by atoms with van der Waals surface area (Å²) >= 11 is 0. The smallest absolute Gasteiger partial charge is 0.270 e. The number of benzene rings is 1. The lowest BCUT2D eigenvalue weighted by Gasteiger charge is -2.13. The van der Waals surface area contributed by atoms with Crippen molar-refractivity contribution in [3.63, 3.8) is 0 Å². The van der Waals surface area contributed by atoms with E-state index in [0.29, 0.717) is 30.0 Å². The molecule has 0 saturated carbocycles. The topological polar surface area (TPSA) is 66.9 Å². The fraction of sp³-hybridized carbons (Fsp3) is 0.421. The second-order valence-electron chi connectivity index (χ2n) is 6.57. The predicted octanol–water partition coefficient (Wildman–Crippen LogP) is 4.12. The molecule has 1 aromatic heterocycles. The van der Waals surface area contributed by atoms with Crippen molar-refractivity contribution < 1.29 is 4.79 Å². The second kappa shape index (κ2) is 8.43. The lowest BCUT2D eigenvalue weighted by Crippen LogP contribution is -2.26. The van der Waals surface area contributed by atoms with Crippen molar-refractivity contribution in [3.8, 4) is 0 Å². The van der Waals surface area contributed by atoms with Crippen molar-refractivity contribution in [2.75, 3.05) is 11.9 Å². The van der Waals surface area contributed by atoms with E-state index >= 15 is 0 Å². The second-order valence-corrected chi connectivity index (χ2v) is 6.57. The molecule has 0 aliphatic heterocycles. The van der Waals surface area contributed by atoms with Crippen molar-refractivity contribution in [1.82, 2.24) is 15.3 Å². The average molecular weight is 326 g/mol. The fourth-order valence-corrected chi connectivity index (χ4v) is 2.35. The number of amides is 1. The highest BCUT2D eigenvalue weighted by Gasteiger charge is 2.11. The normalized spacial score (nSPS) is 10.9. The van der Waals surface area contributed by atoms with E-state index < -0.39 is 0 Å². The van der Waals surface area contributed by atoms with Crippen molar-refractivity contribution in [1.29, 1.82) is 0 Å². The van der Waals surface area contributed by atoms with Gasteiger partial charge in [-0.25, -0.2) is 9.97 Å². The van der Waals surface area contributed by atoms with E-state index in [4.69, 9.17) is 0 Å². The number of hydrogen-bond acceptors (Lipinski definition) is 4. The van der Waals surface area contributed by atoms with Crippen LogP contribution in [0.1, 0.15) is 56.1 Å². The van der Waals surface area contributed by atoms with Crippen LogP contribution in [0, 0.1) is 5.92 Å². The first-order valence-electron chi connectivity index (χ1n) is 8.44. The van der Waals surface area contributed by atoms with Crippen LogP contribution < -0.4 is 10.6 Å². The van der Waals surface area contributed by atoms with Gasteiger partial charge in [-0.15, -0.1) is 0 Å². The van der Waals surface area contributed by atoms with E-state index in [1.165, 1.54) is 5.56 Å². The quantitative estimate of drug-likeness (QED) is 0.803. The SMILES string of the molecule is CC(C)CCNC(=O)c1ccnc(Nc2ccccc2C(C)C)n1. The molecule has 0 bridgehead atoms. The molecule has 1 aromatic carbocycles. The maximum atomic E-state index is 12.2. The number of rotatable bonds is 7. The zero-order chi connectivity index (χ0) is 17.5. The van der Waals surface area contributed by atoms with Gasteiger partial charge in [-0.05, 0) is 36.0 Å². The Morgan fingerprint density at radius 1 is 1.12 bits per heavy atom. The van der Waals surface area contributed by atoms with E-state index in [2.05, 4.69) is 54.4 Å². The third-order valence-corrected chi connectivity index (χ3v) is 3.72. The van der Waals surface area contributed by atoms with Crippen LogP contribution in [-0.4, -0.2) is 22.4 Å². The number of hydrogen-bond donors (Lipinski definition) is 2. The Balaban J connectivity index is 2.09. The summed E-state index contributed by atoms with van der Waals surface area (Å²) in [5.41, 5.74) is 2.52. The summed E-state index contributed by atoms with van der Waals surface area (Å²) in [6.07, 6.45) is 2.55. The van der Waals surface area contributed by atoms with Crippen LogP contribution >= 0.6 is 0 Å². The van der Waals surface area contributed by atoms with E-state index in [1.807, 2.05) is 18.2 Å². The average Bonchev–Trinajstić information content (AvgIpc) is 2.55. The summed E-state index contributed by atoms with van der Waals surface area (Å²) in [4.78, 5) is 20.7. The Hall–Kier alpha value is -2.43. The molecule has 2 aromatic rings. The summed E-state index contributed by atoms with van der Waals surface area (Å²) < 4.78 is 0. The molecule has 2 N–H and O–H groups in total. The number of nitrogens with zero attached hydrogens (tertiary/aromatic N) is 2. The fourth-order valence-electron chi connectivity index (χ4n) is 2.35. The Labute approximate surface area is 143 Å². The number of carbonyl (C=O) groups is 1. The standard InChI is InChI=1S/C19H26N4O/c1-13(2)9-11-20-18(24)17-10-12-21-19(23-17)22-16-8-6-5-7-15(16)14(3)4/h5-8,10,12-14H,9,11H2,1-4H3,(H,20,24)(H,21,22,23). The molecule has 0 saturated heterocycles. The number of anilines is 2. The number of para-hydroxylation sites is 1. The molecule has 0 radical (unpaired) electrons. The maximum absolute atomic E-state index is 12.2. The minimum absolute atomic E-state index is 0.168. The van der Waals surface area contributed by atoms with Crippen molar-refractivity contribution in [2.24, 2.45) is 5.92 Å². The molecule has 1 amide bonds. The minimum Gasteiger partial charge on any atom is -0.351 e. The van der Waals surface area contributed by atoms with E-state index in [0.717, 1.165) is 12.1 Å². The van der Waals surface area contributed by atoms with Crippen molar-refractivity contribution in [2.45, 2.75) is 40.0 Å². The highest BCUT2D eigenvalue weighted by Crippen LogP contribution is 2.25. The van der Waals surface area contributed by atoms with E-state index in [9.17, 15) is 4.79 Å². The third-order valence-electron chi connectivity index (χ3n) is 3.72. The number of nitrogens with one attached hydrogen (secondary N) is 2. The van der Waals surface area contributed by atoms with Crippen LogP contribution in [0.15, 0.2) is 36.5 Å². The van der Waals surface area contributed by atoms with Gasteiger partial charge in [0.1, 0.15) is 5.69 Å². The molecular formula is C19H26N4O.